The standard InChI is InChI=1S/C28H26O6/c1-29-21-11-15-7-9-17-25(19(15)13-23(21)31-3)26-18(28(34-6)27(17)33-5)10-8-16-12-22(30-2)24(32-4)14-20(16)26/h7-14H,1-6H3. The van der Waals surface area contributed by atoms with E-state index in [1.165, 1.54) is 0 Å². The van der Waals surface area contributed by atoms with Crippen LogP contribution >= 0.6 is 0 Å². The van der Waals surface area contributed by atoms with Crippen molar-refractivity contribution in [2.45, 2.75) is 0 Å². The van der Waals surface area contributed by atoms with E-state index in [-0.39, 0.29) is 0 Å². The van der Waals surface area contributed by atoms with Gasteiger partial charge in [-0.25, -0.2) is 0 Å². The molecular weight excluding hydrogens is 432 g/mol. The van der Waals surface area contributed by atoms with Gasteiger partial charge in [0.1, 0.15) is 0 Å². The molecule has 0 aromatic heterocycles. The average molecular weight is 459 g/mol. The van der Waals surface area contributed by atoms with E-state index >= 15 is 0 Å². The highest BCUT2D eigenvalue weighted by Crippen LogP contribution is 2.50. The number of hydrogen-bond acceptors (Lipinski definition) is 6. The van der Waals surface area contributed by atoms with Gasteiger partial charge in [0.25, 0.3) is 0 Å². The first-order valence-electron chi connectivity index (χ1n) is 10.8. The Labute approximate surface area is 197 Å². The molecule has 0 heterocycles. The third-order valence-corrected chi connectivity index (χ3v) is 6.40. The molecule has 0 atom stereocenters. The Morgan fingerprint density at radius 3 is 1.06 bits per heavy atom. The van der Waals surface area contributed by atoms with Crippen LogP contribution in [0.15, 0.2) is 48.5 Å². The van der Waals surface area contributed by atoms with Crippen LogP contribution in [0, 0.1) is 0 Å². The van der Waals surface area contributed by atoms with Gasteiger partial charge < -0.3 is 28.4 Å². The Hall–Kier alpha value is -4.06. The van der Waals surface area contributed by atoms with Crippen LogP contribution in [-0.4, -0.2) is 42.7 Å². The van der Waals surface area contributed by atoms with Gasteiger partial charge in [-0.3, -0.25) is 0 Å². The van der Waals surface area contributed by atoms with Crippen LogP contribution in [0.2, 0.25) is 0 Å². The van der Waals surface area contributed by atoms with E-state index in [2.05, 4.69) is 24.3 Å². The molecule has 0 N–H and O–H groups in total. The summed E-state index contributed by atoms with van der Waals surface area (Å²) < 4.78 is 34.1. The van der Waals surface area contributed by atoms with E-state index in [9.17, 15) is 0 Å². The highest BCUT2D eigenvalue weighted by atomic mass is 16.5. The Bertz CT molecular complexity index is 1450. The highest BCUT2D eigenvalue weighted by Gasteiger charge is 2.21. The number of fused-ring (bicyclic) bond motifs is 7. The molecule has 5 aromatic rings. The molecular formula is C28H26O6. The van der Waals surface area contributed by atoms with Crippen molar-refractivity contribution in [3.8, 4) is 34.5 Å². The summed E-state index contributed by atoms with van der Waals surface area (Å²) in [4.78, 5) is 0. The maximum absolute atomic E-state index is 5.88. The van der Waals surface area contributed by atoms with Crippen molar-refractivity contribution in [3.05, 3.63) is 48.5 Å². The molecule has 0 amide bonds. The van der Waals surface area contributed by atoms with Gasteiger partial charge in [-0.2, -0.15) is 0 Å². The summed E-state index contributed by atoms with van der Waals surface area (Å²) in [6.07, 6.45) is 0. The lowest BCUT2D eigenvalue weighted by Crippen LogP contribution is -1.97. The molecule has 0 fully saturated rings. The molecule has 0 aliphatic heterocycles. The lowest BCUT2D eigenvalue weighted by atomic mass is 9.91. The van der Waals surface area contributed by atoms with E-state index in [4.69, 9.17) is 28.4 Å². The molecule has 0 bridgehead atoms. The molecule has 34 heavy (non-hydrogen) atoms. The summed E-state index contributed by atoms with van der Waals surface area (Å²) in [5.41, 5.74) is 0. The fraction of sp³-hybridized carbons (Fsp3) is 0.214. The van der Waals surface area contributed by atoms with Crippen molar-refractivity contribution in [2.24, 2.45) is 0 Å². The zero-order chi connectivity index (χ0) is 24.0. The molecule has 0 spiro atoms. The summed E-state index contributed by atoms with van der Waals surface area (Å²) in [5, 5.41) is 8.02. The molecule has 0 aliphatic rings. The van der Waals surface area contributed by atoms with Crippen LogP contribution in [0.1, 0.15) is 0 Å². The maximum atomic E-state index is 5.88. The van der Waals surface area contributed by atoms with Crippen LogP contribution < -0.4 is 28.4 Å². The Morgan fingerprint density at radius 1 is 0.382 bits per heavy atom. The molecule has 0 unspecified atom stereocenters. The molecule has 5 aromatic carbocycles. The summed E-state index contributed by atoms with van der Waals surface area (Å²) in [7, 11) is 9.89. The molecule has 0 aliphatic carbocycles. The zero-order valence-corrected chi connectivity index (χ0v) is 20.1. The van der Waals surface area contributed by atoms with Crippen molar-refractivity contribution in [2.75, 3.05) is 42.7 Å². The number of ether oxygens (including phenoxy) is 6. The van der Waals surface area contributed by atoms with Gasteiger partial charge in [0.15, 0.2) is 34.5 Å². The summed E-state index contributed by atoms with van der Waals surface area (Å²) in [6, 6.07) is 16.2. The minimum Gasteiger partial charge on any atom is -0.493 e. The predicted octanol–water partition coefficient (Wildman–Crippen LogP) is 6.35. The summed E-state index contributed by atoms with van der Waals surface area (Å²) >= 11 is 0. The first-order valence-corrected chi connectivity index (χ1v) is 10.8. The average Bonchev–Trinajstić information content (AvgIpc) is 2.89. The van der Waals surface area contributed by atoms with Crippen molar-refractivity contribution in [1.29, 1.82) is 0 Å². The third-order valence-electron chi connectivity index (χ3n) is 6.40. The first-order chi connectivity index (χ1) is 16.6. The molecule has 0 radical (unpaired) electrons. The zero-order valence-electron chi connectivity index (χ0n) is 20.1. The first kappa shape index (κ1) is 21.8. The molecule has 6 heteroatoms. The largest absolute Gasteiger partial charge is 0.493 e. The van der Waals surface area contributed by atoms with Crippen molar-refractivity contribution in [3.63, 3.8) is 0 Å². The number of hydrogen-bond donors (Lipinski definition) is 0. The van der Waals surface area contributed by atoms with E-state index in [1.807, 2.05) is 24.3 Å². The number of benzene rings is 5. The second-order valence-corrected chi connectivity index (χ2v) is 7.90. The molecule has 0 saturated carbocycles. The van der Waals surface area contributed by atoms with Gasteiger partial charge in [0.05, 0.1) is 42.7 Å². The highest BCUT2D eigenvalue weighted by molar-refractivity contribution is 6.30. The summed E-state index contributed by atoms with van der Waals surface area (Å²) in [6.45, 7) is 0. The lowest BCUT2D eigenvalue weighted by Gasteiger charge is -2.19. The SMILES string of the molecule is COc1cc2ccc3c(OC)c(OC)c4ccc5cc(OC)c(OC)cc5c4c3c2cc1OC. The van der Waals surface area contributed by atoms with Gasteiger partial charge in [-0.15, -0.1) is 0 Å². The normalized spacial score (nSPS) is 11.2. The van der Waals surface area contributed by atoms with Gasteiger partial charge in [-0.05, 0) is 57.9 Å². The lowest BCUT2D eigenvalue weighted by molar-refractivity contribution is 0.356. The third kappa shape index (κ3) is 3.02. The topological polar surface area (TPSA) is 55.4 Å². The van der Waals surface area contributed by atoms with Crippen molar-refractivity contribution in [1.82, 2.24) is 0 Å². The van der Waals surface area contributed by atoms with E-state index in [1.54, 1.807) is 42.7 Å². The smallest absolute Gasteiger partial charge is 0.169 e. The van der Waals surface area contributed by atoms with E-state index < -0.39 is 0 Å². The minimum atomic E-state index is 0.657. The van der Waals surface area contributed by atoms with Crippen LogP contribution in [0.5, 0.6) is 34.5 Å². The Morgan fingerprint density at radius 2 is 0.735 bits per heavy atom. The summed E-state index contributed by atoms with van der Waals surface area (Å²) in [5.74, 6) is 4.03. The molecule has 0 saturated heterocycles. The van der Waals surface area contributed by atoms with Crippen LogP contribution in [0.4, 0.5) is 0 Å². The van der Waals surface area contributed by atoms with Gasteiger partial charge in [0.2, 0.25) is 0 Å². The van der Waals surface area contributed by atoms with Crippen LogP contribution in [0.3, 0.4) is 0 Å². The van der Waals surface area contributed by atoms with Crippen molar-refractivity contribution >= 4 is 43.1 Å². The van der Waals surface area contributed by atoms with Gasteiger partial charge >= 0.3 is 0 Å². The monoisotopic (exact) mass is 458 g/mol. The fourth-order valence-electron chi connectivity index (χ4n) is 4.87. The van der Waals surface area contributed by atoms with E-state index in [0.717, 1.165) is 43.1 Å². The minimum absolute atomic E-state index is 0.657. The molecule has 5 rings (SSSR count). The Kier molecular flexibility index (Phi) is 5.36. The quantitative estimate of drug-likeness (QED) is 0.276. The fourth-order valence-corrected chi connectivity index (χ4v) is 4.87. The molecule has 6 nitrogen and oxygen atoms in total. The number of methoxy groups -OCH3 is 6. The van der Waals surface area contributed by atoms with Crippen molar-refractivity contribution < 1.29 is 28.4 Å². The van der Waals surface area contributed by atoms with Crippen LogP contribution in [0.25, 0.3) is 43.1 Å². The second-order valence-electron chi connectivity index (χ2n) is 7.90. The number of rotatable bonds is 6. The van der Waals surface area contributed by atoms with E-state index in [0.29, 0.717) is 34.5 Å². The molecule has 174 valence electrons. The predicted molar refractivity (Wildman–Crippen MR) is 136 cm³/mol. The van der Waals surface area contributed by atoms with Gasteiger partial charge in [0, 0.05) is 21.5 Å². The maximum Gasteiger partial charge on any atom is 0.169 e. The van der Waals surface area contributed by atoms with Gasteiger partial charge in [-0.1, -0.05) is 12.1 Å². The second kappa shape index (κ2) is 8.37. The van der Waals surface area contributed by atoms with Crippen LogP contribution in [-0.2, 0) is 0 Å². The Balaban J connectivity index is 2.11.